The van der Waals surface area contributed by atoms with Gasteiger partial charge in [0.2, 0.25) is 0 Å². The molecule has 0 saturated carbocycles. The number of hydrogen-bond acceptors (Lipinski definition) is 2. The minimum Gasteiger partial charge on any atom is -0.313 e. The lowest BCUT2D eigenvalue weighted by Gasteiger charge is -2.30. The summed E-state index contributed by atoms with van der Waals surface area (Å²) in [6.07, 6.45) is 0. The van der Waals surface area contributed by atoms with E-state index in [1.165, 1.54) is 5.56 Å². The van der Waals surface area contributed by atoms with Crippen LogP contribution in [0.4, 0.5) is 0 Å². The van der Waals surface area contributed by atoms with Crippen LogP contribution in [0.1, 0.15) is 32.4 Å². The summed E-state index contributed by atoms with van der Waals surface area (Å²) < 4.78 is 0. The number of H-pyrrole nitrogens is 2. The summed E-state index contributed by atoms with van der Waals surface area (Å²) in [7, 11) is 1.96. The number of nitrogens with one attached hydrogen (secondary N) is 3. The number of imidazole rings is 1. The predicted octanol–water partition coefficient (Wildman–Crippen LogP) is 2.16. The lowest BCUT2D eigenvalue weighted by molar-refractivity contribution is 0.287. The second-order valence-electron chi connectivity index (χ2n) is 5.47. The molecule has 0 fully saturated rings. The van der Waals surface area contributed by atoms with Gasteiger partial charge in [-0.05, 0) is 30.2 Å². The van der Waals surface area contributed by atoms with Crippen LogP contribution in [0.5, 0.6) is 0 Å². The number of aromatic amines is 2. The topological polar surface area (TPSA) is 60.7 Å². The molecule has 92 valence electrons. The van der Waals surface area contributed by atoms with Gasteiger partial charge in [-0.2, -0.15) is 0 Å². The van der Waals surface area contributed by atoms with E-state index >= 15 is 0 Å². The second-order valence-corrected chi connectivity index (χ2v) is 5.47. The van der Waals surface area contributed by atoms with E-state index in [4.69, 9.17) is 0 Å². The maximum atomic E-state index is 11.2. The number of aromatic nitrogens is 2. The largest absolute Gasteiger partial charge is 0.323 e. The molecule has 0 aliphatic heterocycles. The van der Waals surface area contributed by atoms with Crippen LogP contribution in [0.25, 0.3) is 11.0 Å². The van der Waals surface area contributed by atoms with Gasteiger partial charge in [-0.3, -0.25) is 0 Å². The van der Waals surface area contributed by atoms with Gasteiger partial charge in [0, 0.05) is 6.04 Å². The van der Waals surface area contributed by atoms with E-state index in [0.29, 0.717) is 0 Å². The van der Waals surface area contributed by atoms with Crippen LogP contribution >= 0.6 is 0 Å². The highest BCUT2D eigenvalue weighted by Crippen LogP contribution is 2.33. The molecule has 2 aromatic rings. The van der Waals surface area contributed by atoms with Gasteiger partial charge >= 0.3 is 5.69 Å². The molecule has 1 atom stereocenters. The Bertz CT molecular complexity index is 574. The summed E-state index contributed by atoms with van der Waals surface area (Å²) in [5.74, 6) is 0. The Balaban J connectivity index is 2.51. The third kappa shape index (κ3) is 2.26. The van der Waals surface area contributed by atoms with Gasteiger partial charge in [-0.15, -0.1) is 0 Å². The van der Waals surface area contributed by atoms with Crippen LogP contribution in [0, 0.1) is 5.41 Å². The fourth-order valence-electron chi connectivity index (χ4n) is 2.33. The van der Waals surface area contributed by atoms with Crippen molar-refractivity contribution in [2.75, 3.05) is 7.05 Å². The molecule has 2 rings (SSSR count). The van der Waals surface area contributed by atoms with Crippen LogP contribution in [0.3, 0.4) is 0 Å². The van der Waals surface area contributed by atoms with Crippen molar-refractivity contribution >= 4 is 11.0 Å². The third-order valence-electron chi connectivity index (χ3n) is 3.03. The van der Waals surface area contributed by atoms with E-state index in [1.807, 2.05) is 19.2 Å². The Labute approximate surface area is 100 Å². The second kappa shape index (κ2) is 4.04. The molecule has 0 spiro atoms. The van der Waals surface area contributed by atoms with Gasteiger partial charge in [0.1, 0.15) is 0 Å². The molecule has 4 heteroatoms. The van der Waals surface area contributed by atoms with E-state index < -0.39 is 0 Å². The first-order valence-corrected chi connectivity index (χ1v) is 5.81. The fraction of sp³-hybridized carbons (Fsp3) is 0.462. The zero-order chi connectivity index (χ0) is 12.6. The van der Waals surface area contributed by atoms with E-state index in [1.54, 1.807) is 0 Å². The molecule has 3 N–H and O–H groups in total. The van der Waals surface area contributed by atoms with Gasteiger partial charge in [0.25, 0.3) is 0 Å². The van der Waals surface area contributed by atoms with Crippen LogP contribution < -0.4 is 11.0 Å². The van der Waals surface area contributed by atoms with Crippen molar-refractivity contribution in [2.45, 2.75) is 26.8 Å². The van der Waals surface area contributed by atoms with Crippen molar-refractivity contribution in [3.63, 3.8) is 0 Å². The molecule has 0 radical (unpaired) electrons. The highest BCUT2D eigenvalue weighted by molar-refractivity contribution is 5.75. The van der Waals surface area contributed by atoms with Gasteiger partial charge in [-0.1, -0.05) is 26.8 Å². The Morgan fingerprint density at radius 2 is 1.82 bits per heavy atom. The van der Waals surface area contributed by atoms with E-state index in [9.17, 15) is 4.79 Å². The van der Waals surface area contributed by atoms with Crippen LogP contribution in [-0.2, 0) is 0 Å². The molecular formula is C13H19N3O. The zero-order valence-electron chi connectivity index (χ0n) is 10.7. The van der Waals surface area contributed by atoms with Gasteiger partial charge < -0.3 is 15.3 Å². The number of benzene rings is 1. The normalized spacial score (nSPS) is 14.1. The third-order valence-corrected chi connectivity index (χ3v) is 3.03. The molecule has 0 amide bonds. The average molecular weight is 233 g/mol. The molecule has 1 unspecified atom stereocenters. The summed E-state index contributed by atoms with van der Waals surface area (Å²) in [5, 5.41) is 3.33. The Morgan fingerprint density at radius 1 is 1.18 bits per heavy atom. The van der Waals surface area contributed by atoms with Crippen LogP contribution in [0.2, 0.25) is 0 Å². The van der Waals surface area contributed by atoms with E-state index in [0.717, 1.165) is 11.0 Å². The van der Waals surface area contributed by atoms with Gasteiger partial charge in [-0.25, -0.2) is 4.79 Å². The Morgan fingerprint density at radius 3 is 2.41 bits per heavy atom. The zero-order valence-corrected chi connectivity index (χ0v) is 10.7. The monoisotopic (exact) mass is 233 g/mol. The van der Waals surface area contributed by atoms with Crippen molar-refractivity contribution in [1.82, 2.24) is 15.3 Å². The number of hydrogen-bond donors (Lipinski definition) is 3. The Hall–Kier alpha value is -1.55. The maximum Gasteiger partial charge on any atom is 0.323 e. The van der Waals surface area contributed by atoms with Crippen molar-refractivity contribution < 1.29 is 0 Å². The SMILES string of the molecule is CNC(c1ccc2[nH]c(=O)[nH]c2c1)C(C)(C)C. The first-order chi connectivity index (χ1) is 7.91. The smallest absolute Gasteiger partial charge is 0.313 e. The lowest BCUT2D eigenvalue weighted by Crippen LogP contribution is -2.29. The average Bonchev–Trinajstić information content (AvgIpc) is 2.56. The molecule has 0 bridgehead atoms. The minimum absolute atomic E-state index is 0.124. The summed E-state index contributed by atoms with van der Waals surface area (Å²) in [5.41, 5.74) is 2.86. The molecule has 0 aliphatic carbocycles. The van der Waals surface area contributed by atoms with Crippen molar-refractivity contribution in [3.8, 4) is 0 Å². The van der Waals surface area contributed by atoms with E-state index in [-0.39, 0.29) is 17.1 Å². The summed E-state index contributed by atoms with van der Waals surface area (Å²) in [6, 6.07) is 6.28. The van der Waals surface area contributed by atoms with E-state index in [2.05, 4.69) is 42.1 Å². The maximum absolute atomic E-state index is 11.2. The molecule has 1 heterocycles. The standard InChI is InChI=1S/C13H19N3O/c1-13(2,3)11(14-4)8-5-6-9-10(7-8)16-12(17)15-9/h5-7,11,14H,1-4H3,(H2,15,16,17). The quantitative estimate of drug-likeness (QED) is 0.744. The summed E-state index contributed by atoms with van der Waals surface area (Å²) in [6.45, 7) is 6.58. The minimum atomic E-state index is -0.158. The molecule has 1 aromatic carbocycles. The summed E-state index contributed by atoms with van der Waals surface area (Å²) in [4.78, 5) is 16.7. The Kier molecular flexibility index (Phi) is 2.83. The fourth-order valence-corrected chi connectivity index (χ4v) is 2.33. The van der Waals surface area contributed by atoms with Crippen molar-refractivity contribution in [1.29, 1.82) is 0 Å². The molecule has 1 aromatic heterocycles. The first kappa shape index (κ1) is 11.9. The van der Waals surface area contributed by atoms with Gasteiger partial charge in [0.15, 0.2) is 0 Å². The lowest BCUT2D eigenvalue weighted by atomic mass is 9.82. The first-order valence-electron chi connectivity index (χ1n) is 5.81. The molecule has 17 heavy (non-hydrogen) atoms. The predicted molar refractivity (Wildman–Crippen MR) is 70.2 cm³/mol. The van der Waals surface area contributed by atoms with Crippen molar-refractivity contribution in [2.24, 2.45) is 5.41 Å². The highest BCUT2D eigenvalue weighted by Gasteiger charge is 2.24. The number of rotatable bonds is 2. The van der Waals surface area contributed by atoms with Crippen LogP contribution in [-0.4, -0.2) is 17.0 Å². The molecule has 4 nitrogen and oxygen atoms in total. The van der Waals surface area contributed by atoms with Gasteiger partial charge in [0.05, 0.1) is 11.0 Å². The van der Waals surface area contributed by atoms with Crippen LogP contribution in [0.15, 0.2) is 23.0 Å². The summed E-state index contributed by atoms with van der Waals surface area (Å²) >= 11 is 0. The molecule has 0 saturated heterocycles. The highest BCUT2D eigenvalue weighted by atomic mass is 16.1. The number of fused-ring (bicyclic) bond motifs is 1. The molecular weight excluding hydrogens is 214 g/mol. The van der Waals surface area contributed by atoms with Crippen molar-refractivity contribution in [3.05, 3.63) is 34.2 Å². The molecule has 0 aliphatic rings.